The first kappa shape index (κ1) is 24.7. The number of nitrogens with zero attached hydrogens (tertiary/aromatic N) is 3. The Hall–Kier alpha value is -3.46. The number of hydrogen-bond donors (Lipinski definition) is 2. The van der Waals surface area contributed by atoms with Gasteiger partial charge in [-0.3, -0.25) is 14.6 Å². The Bertz CT molecular complexity index is 1080. The van der Waals surface area contributed by atoms with Gasteiger partial charge in [-0.2, -0.15) is 0 Å². The van der Waals surface area contributed by atoms with Crippen molar-refractivity contribution in [3.8, 4) is 0 Å². The summed E-state index contributed by atoms with van der Waals surface area (Å²) in [5.74, 6) is -0.995. The zero-order valence-electron chi connectivity index (χ0n) is 20.5. The molecule has 1 atom stereocenters. The molecule has 0 aliphatic carbocycles. The largest absolute Gasteiger partial charge is 0.465 e. The molecule has 2 saturated heterocycles. The minimum Gasteiger partial charge on any atom is -0.465 e. The molecule has 9 heteroatoms. The number of nitrogens with one attached hydrogen (secondary N) is 2. The summed E-state index contributed by atoms with van der Waals surface area (Å²) in [6, 6.07) is 11.5. The molecule has 0 spiro atoms. The molecule has 9 nitrogen and oxygen atoms in total. The van der Waals surface area contributed by atoms with E-state index in [1.807, 2.05) is 4.90 Å². The fraction of sp³-hybridized carbons (Fsp3) is 0.462. The van der Waals surface area contributed by atoms with Crippen LogP contribution in [0.3, 0.4) is 0 Å². The van der Waals surface area contributed by atoms with E-state index >= 15 is 0 Å². The first-order chi connectivity index (χ1) is 16.8. The van der Waals surface area contributed by atoms with Crippen LogP contribution in [0, 0.1) is 6.92 Å². The summed E-state index contributed by atoms with van der Waals surface area (Å²) in [6.07, 6.45) is 2.32. The number of aromatic nitrogens is 1. The van der Waals surface area contributed by atoms with Gasteiger partial charge in [-0.05, 0) is 69.6 Å². The van der Waals surface area contributed by atoms with E-state index in [-0.39, 0.29) is 23.2 Å². The molecule has 0 saturated carbocycles. The van der Waals surface area contributed by atoms with Crippen molar-refractivity contribution >= 4 is 23.5 Å². The molecule has 3 heterocycles. The first-order valence-electron chi connectivity index (χ1n) is 12.0. The van der Waals surface area contributed by atoms with E-state index in [0.717, 1.165) is 12.2 Å². The molecular formula is C26H33N5O4. The number of aryl methyl sites for hydroxylation is 1. The lowest BCUT2D eigenvalue weighted by atomic mass is 9.86. The SMILES string of the molecule is COC(=O)c1ccc(C(=O)NC2(C(=O)N3CCN(c4cccc(C)c4)C(C)C3)CCNCC2)nc1. The summed E-state index contributed by atoms with van der Waals surface area (Å²) in [5.41, 5.74) is 1.79. The molecule has 0 bridgehead atoms. The Morgan fingerprint density at radius 2 is 1.91 bits per heavy atom. The van der Waals surface area contributed by atoms with Crippen LogP contribution in [0.2, 0.25) is 0 Å². The topological polar surface area (TPSA) is 104 Å². The molecule has 2 aromatic rings. The average molecular weight is 480 g/mol. The van der Waals surface area contributed by atoms with Crippen molar-refractivity contribution in [1.82, 2.24) is 20.5 Å². The molecule has 2 aliphatic heterocycles. The van der Waals surface area contributed by atoms with E-state index in [2.05, 4.69) is 63.4 Å². The molecule has 0 radical (unpaired) electrons. The van der Waals surface area contributed by atoms with Crippen LogP contribution < -0.4 is 15.5 Å². The van der Waals surface area contributed by atoms with Crippen LogP contribution in [0.15, 0.2) is 42.6 Å². The number of methoxy groups -OCH3 is 1. The van der Waals surface area contributed by atoms with Crippen LogP contribution in [-0.4, -0.2) is 79.1 Å². The number of ether oxygens (including phenoxy) is 1. The lowest BCUT2D eigenvalue weighted by molar-refractivity contribution is -0.140. The first-order valence-corrected chi connectivity index (χ1v) is 12.0. The Morgan fingerprint density at radius 1 is 1.14 bits per heavy atom. The molecule has 1 aromatic heterocycles. The molecule has 2 aliphatic rings. The second kappa shape index (κ2) is 10.4. The van der Waals surface area contributed by atoms with Gasteiger partial charge in [0.2, 0.25) is 5.91 Å². The van der Waals surface area contributed by atoms with Crippen molar-refractivity contribution in [2.45, 2.75) is 38.3 Å². The number of piperazine rings is 1. The number of pyridine rings is 1. The van der Waals surface area contributed by atoms with Crippen LogP contribution in [0.25, 0.3) is 0 Å². The fourth-order valence-corrected chi connectivity index (χ4v) is 4.93. The molecule has 35 heavy (non-hydrogen) atoms. The number of rotatable bonds is 5. The Kier molecular flexibility index (Phi) is 7.35. The van der Waals surface area contributed by atoms with Crippen molar-refractivity contribution < 1.29 is 19.1 Å². The highest BCUT2D eigenvalue weighted by Crippen LogP contribution is 2.26. The van der Waals surface area contributed by atoms with Crippen molar-refractivity contribution in [2.24, 2.45) is 0 Å². The third kappa shape index (κ3) is 5.30. The summed E-state index contributed by atoms with van der Waals surface area (Å²) in [4.78, 5) is 46.9. The van der Waals surface area contributed by atoms with Crippen LogP contribution >= 0.6 is 0 Å². The molecule has 4 rings (SSSR count). The minimum atomic E-state index is -0.990. The van der Waals surface area contributed by atoms with Crippen molar-refractivity contribution in [2.75, 3.05) is 44.7 Å². The number of carbonyl (C=O) groups is 3. The lowest BCUT2D eigenvalue weighted by Crippen LogP contribution is -2.66. The molecule has 2 N–H and O–H groups in total. The monoisotopic (exact) mass is 479 g/mol. The lowest BCUT2D eigenvalue weighted by Gasteiger charge is -2.46. The van der Waals surface area contributed by atoms with Gasteiger partial charge >= 0.3 is 5.97 Å². The zero-order chi connectivity index (χ0) is 25.0. The zero-order valence-corrected chi connectivity index (χ0v) is 20.5. The molecule has 1 unspecified atom stereocenters. The van der Waals surface area contributed by atoms with Gasteiger partial charge in [0.25, 0.3) is 5.91 Å². The number of esters is 1. The standard InChI is InChI=1S/C26H33N5O4/c1-18-5-4-6-21(15-18)31-14-13-30(17-19(31)2)25(34)26(9-11-27-12-10-26)29-23(32)22-8-7-20(16-28-22)24(33)35-3/h4-8,15-16,19,27H,9-14,17H2,1-3H3,(H,29,32). The van der Waals surface area contributed by atoms with Crippen LogP contribution in [0.1, 0.15) is 46.2 Å². The normalized spacial score (nSPS) is 19.7. The summed E-state index contributed by atoms with van der Waals surface area (Å²) >= 11 is 0. The maximum Gasteiger partial charge on any atom is 0.339 e. The minimum absolute atomic E-state index is 0.0470. The van der Waals surface area contributed by atoms with Gasteiger partial charge in [0.05, 0.1) is 12.7 Å². The predicted molar refractivity (Wildman–Crippen MR) is 132 cm³/mol. The van der Waals surface area contributed by atoms with Crippen LogP contribution in [-0.2, 0) is 9.53 Å². The van der Waals surface area contributed by atoms with E-state index in [1.54, 1.807) is 0 Å². The van der Waals surface area contributed by atoms with Gasteiger partial charge < -0.3 is 25.2 Å². The van der Waals surface area contributed by atoms with E-state index in [9.17, 15) is 14.4 Å². The van der Waals surface area contributed by atoms with Gasteiger partial charge in [-0.15, -0.1) is 0 Å². The third-order valence-electron chi connectivity index (χ3n) is 6.88. The van der Waals surface area contributed by atoms with E-state index in [1.165, 1.54) is 31.0 Å². The quantitative estimate of drug-likeness (QED) is 0.630. The molecular weight excluding hydrogens is 446 g/mol. The average Bonchev–Trinajstić information content (AvgIpc) is 2.88. The number of carbonyl (C=O) groups excluding carboxylic acids is 3. The van der Waals surface area contributed by atoms with Crippen LogP contribution in [0.5, 0.6) is 0 Å². The second-order valence-corrected chi connectivity index (χ2v) is 9.34. The molecule has 2 amide bonds. The maximum atomic E-state index is 13.9. The van der Waals surface area contributed by atoms with Crippen molar-refractivity contribution in [3.63, 3.8) is 0 Å². The smallest absolute Gasteiger partial charge is 0.339 e. The van der Waals surface area contributed by atoms with E-state index in [4.69, 9.17) is 0 Å². The highest BCUT2D eigenvalue weighted by molar-refractivity contribution is 5.99. The summed E-state index contributed by atoms with van der Waals surface area (Å²) in [6.45, 7) is 7.39. The predicted octanol–water partition coefficient (Wildman–Crippen LogP) is 1.77. The maximum absolute atomic E-state index is 13.9. The fourth-order valence-electron chi connectivity index (χ4n) is 4.93. The van der Waals surface area contributed by atoms with Gasteiger partial charge in [-0.25, -0.2) is 4.79 Å². The number of anilines is 1. The Balaban J connectivity index is 1.48. The van der Waals surface area contributed by atoms with Gasteiger partial charge in [-0.1, -0.05) is 12.1 Å². The van der Waals surface area contributed by atoms with Gasteiger partial charge in [0, 0.05) is 37.6 Å². The highest BCUT2D eigenvalue weighted by atomic mass is 16.5. The summed E-state index contributed by atoms with van der Waals surface area (Å²) in [5, 5.41) is 6.29. The summed E-state index contributed by atoms with van der Waals surface area (Å²) in [7, 11) is 1.29. The molecule has 2 fully saturated rings. The summed E-state index contributed by atoms with van der Waals surface area (Å²) < 4.78 is 4.68. The third-order valence-corrected chi connectivity index (χ3v) is 6.88. The van der Waals surface area contributed by atoms with Gasteiger partial charge in [0.15, 0.2) is 0 Å². The van der Waals surface area contributed by atoms with Crippen LogP contribution in [0.4, 0.5) is 5.69 Å². The highest BCUT2D eigenvalue weighted by Gasteiger charge is 2.45. The molecule has 1 aromatic carbocycles. The van der Waals surface area contributed by atoms with Crippen molar-refractivity contribution in [3.05, 3.63) is 59.4 Å². The number of amides is 2. The second-order valence-electron chi connectivity index (χ2n) is 9.34. The van der Waals surface area contributed by atoms with E-state index < -0.39 is 17.4 Å². The number of benzene rings is 1. The van der Waals surface area contributed by atoms with Gasteiger partial charge in [0.1, 0.15) is 11.2 Å². The molecule has 186 valence electrons. The number of piperidine rings is 1. The van der Waals surface area contributed by atoms with Crippen molar-refractivity contribution in [1.29, 1.82) is 0 Å². The van der Waals surface area contributed by atoms with E-state index in [0.29, 0.717) is 39.0 Å². The Morgan fingerprint density at radius 3 is 2.54 bits per heavy atom. The number of hydrogen-bond acceptors (Lipinski definition) is 7. The Labute approximate surface area is 205 Å².